The molecule has 2 heteroatoms. The van der Waals surface area contributed by atoms with Crippen LogP contribution in [0.4, 0.5) is 0 Å². The third-order valence-electron chi connectivity index (χ3n) is 3.45. The maximum Gasteiger partial charge on any atom is 0.0397 e. The van der Waals surface area contributed by atoms with Gasteiger partial charge in [0.15, 0.2) is 0 Å². The smallest absolute Gasteiger partial charge is 0.0397 e. The van der Waals surface area contributed by atoms with Crippen molar-refractivity contribution in [2.45, 2.75) is 45.8 Å². The molecule has 1 rings (SSSR count). The molecule has 0 bridgehead atoms. The van der Waals surface area contributed by atoms with Crippen molar-refractivity contribution in [1.82, 2.24) is 5.32 Å². The second kappa shape index (κ2) is 6.57. The van der Waals surface area contributed by atoms with Gasteiger partial charge in [-0.15, -0.1) is 8.58 Å². The quantitative estimate of drug-likeness (QED) is 0.737. The first-order chi connectivity index (χ1) is 8.77. The maximum absolute atomic E-state index is 4.29. The normalized spacial score (nSPS) is 15.4. The van der Waals surface area contributed by atoms with E-state index in [2.05, 4.69) is 76.6 Å². The molecule has 0 aliphatic heterocycles. The van der Waals surface area contributed by atoms with Gasteiger partial charge in [0.2, 0.25) is 0 Å². The molecule has 2 unspecified atom stereocenters. The first kappa shape index (κ1) is 16.2. The zero-order valence-electron chi connectivity index (χ0n) is 13.0. The molecule has 0 saturated carbocycles. The third kappa shape index (κ3) is 5.37. The monoisotopic (exact) mass is 277 g/mol. The summed E-state index contributed by atoms with van der Waals surface area (Å²) in [5.74, 6) is 0. The van der Waals surface area contributed by atoms with Crippen LogP contribution in [-0.4, -0.2) is 11.8 Å². The number of rotatable bonds is 6. The maximum atomic E-state index is 4.29. The van der Waals surface area contributed by atoms with Crippen LogP contribution in [0.25, 0.3) is 0 Å². The summed E-state index contributed by atoms with van der Waals surface area (Å²) in [6.07, 6.45) is 1.16. The highest BCUT2D eigenvalue weighted by molar-refractivity contribution is 7.39. The number of nitrogens with one attached hydrogen (secondary N) is 1. The molecule has 1 N–H and O–H groups in total. The second-order valence-corrected chi connectivity index (χ2v) is 8.24. The Morgan fingerprint density at radius 3 is 2.21 bits per heavy atom. The van der Waals surface area contributed by atoms with Crippen LogP contribution in [0.5, 0.6) is 0 Å². The number of hydrogen-bond acceptors (Lipinski definition) is 1. The second-order valence-electron chi connectivity index (χ2n) is 6.64. The van der Waals surface area contributed by atoms with Crippen LogP contribution in [0.2, 0.25) is 0 Å². The van der Waals surface area contributed by atoms with Crippen molar-refractivity contribution in [2.75, 3.05) is 6.66 Å². The van der Waals surface area contributed by atoms with Gasteiger partial charge in [0.05, 0.1) is 0 Å². The molecule has 0 radical (unpaired) electrons. The van der Waals surface area contributed by atoms with E-state index in [1.54, 1.807) is 0 Å². The summed E-state index contributed by atoms with van der Waals surface area (Å²) in [6.45, 7) is 16.7. The summed E-state index contributed by atoms with van der Waals surface area (Å²) in [5, 5.41) is 3.71. The molecule has 0 fully saturated rings. The summed E-state index contributed by atoms with van der Waals surface area (Å²) in [4.78, 5) is 0. The van der Waals surface area contributed by atoms with Crippen molar-refractivity contribution < 1.29 is 0 Å². The molecule has 1 aromatic carbocycles. The van der Waals surface area contributed by atoms with Crippen molar-refractivity contribution in [3.8, 4) is 0 Å². The molecule has 0 amide bonds. The summed E-state index contributed by atoms with van der Waals surface area (Å²) in [6, 6.07) is 10.5. The predicted octanol–water partition coefficient (Wildman–Crippen LogP) is 4.79. The highest BCUT2D eigenvalue weighted by Crippen LogP contribution is 2.43. The lowest BCUT2D eigenvalue weighted by molar-refractivity contribution is 0.339. The van der Waals surface area contributed by atoms with Gasteiger partial charge in [-0.1, -0.05) is 64.6 Å². The molecular formula is C17H28NP. The first-order valence-corrected chi connectivity index (χ1v) is 8.43. The highest BCUT2D eigenvalue weighted by Gasteiger charge is 2.31. The van der Waals surface area contributed by atoms with E-state index in [4.69, 9.17) is 0 Å². The Labute approximate surface area is 120 Å². The fourth-order valence-corrected chi connectivity index (χ4v) is 3.50. The Balaban J connectivity index is 2.64. The van der Waals surface area contributed by atoms with Gasteiger partial charge in [-0.2, -0.15) is 0 Å². The van der Waals surface area contributed by atoms with Crippen LogP contribution in [-0.2, 0) is 6.54 Å². The van der Waals surface area contributed by atoms with E-state index >= 15 is 0 Å². The first-order valence-electron chi connectivity index (χ1n) is 6.93. The summed E-state index contributed by atoms with van der Waals surface area (Å²) in [7, 11) is 0.861. The molecule has 0 spiro atoms. The average Bonchev–Trinajstić information content (AvgIpc) is 2.35. The standard InChI is InChI=1S/C17H28NP/c1-14(17(5,19-6)13-16(2,3)4)18-12-15-10-8-7-9-11-15/h7-11,18-19H,1,12-13H2,2-6H3. The average molecular weight is 277 g/mol. The largest absolute Gasteiger partial charge is 0.384 e. The zero-order chi connectivity index (χ0) is 14.5. The Morgan fingerprint density at radius 1 is 1.16 bits per heavy atom. The van der Waals surface area contributed by atoms with Crippen LogP contribution in [0.3, 0.4) is 0 Å². The fraction of sp³-hybridized carbons (Fsp3) is 0.529. The van der Waals surface area contributed by atoms with Gasteiger partial charge in [0.25, 0.3) is 0 Å². The van der Waals surface area contributed by atoms with Crippen molar-refractivity contribution in [2.24, 2.45) is 5.41 Å². The van der Waals surface area contributed by atoms with E-state index in [9.17, 15) is 0 Å². The van der Waals surface area contributed by atoms with Gasteiger partial charge >= 0.3 is 0 Å². The van der Waals surface area contributed by atoms with Gasteiger partial charge in [-0.3, -0.25) is 0 Å². The Bertz CT molecular complexity index is 405. The predicted molar refractivity (Wildman–Crippen MR) is 89.1 cm³/mol. The van der Waals surface area contributed by atoms with Crippen LogP contribution in [0.15, 0.2) is 42.6 Å². The van der Waals surface area contributed by atoms with E-state index in [0.717, 1.165) is 21.5 Å². The van der Waals surface area contributed by atoms with Crippen LogP contribution in [0.1, 0.15) is 39.7 Å². The molecule has 1 nitrogen and oxygen atoms in total. The van der Waals surface area contributed by atoms with Crippen LogP contribution < -0.4 is 5.32 Å². The summed E-state index contributed by atoms with van der Waals surface area (Å²) < 4.78 is 0. The minimum absolute atomic E-state index is 0.188. The van der Waals surface area contributed by atoms with E-state index in [-0.39, 0.29) is 5.16 Å². The third-order valence-corrected chi connectivity index (χ3v) is 5.03. The van der Waals surface area contributed by atoms with E-state index < -0.39 is 0 Å². The molecule has 0 aromatic heterocycles. The van der Waals surface area contributed by atoms with Crippen LogP contribution >= 0.6 is 8.58 Å². The molecule has 19 heavy (non-hydrogen) atoms. The minimum atomic E-state index is 0.188. The summed E-state index contributed by atoms with van der Waals surface area (Å²) in [5.41, 5.74) is 2.81. The lowest BCUT2D eigenvalue weighted by Gasteiger charge is -2.37. The molecule has 2 atom stereocenters. The zero-order valence-corrected chi connectivity index (χ0v) is 14.0. The molecule has 0 aliphatic rings. The van der Waals surface area contributed by atoms with Gasteiger partial charge in [-0.05, 0) is 24.1 Å². The Hall–Kier alpha value is -0.810. The topological polar surface area (TPSA) is 12.0 Å². The van der Waals surface area contributed by atoms with E-state index in [0.29, 0.717) is 5.41 Å². The SMILES string of the molecule is C=C(NCc1ccccc1)C(C)(CC(C)(C)C)PC. The van der Waals surface area contributed by atoms with Gasteiger partial charge in [-0.25, -0.2) is 0 Å². The summed E-state index contributed by atoms with van der Waals surface area (Å²) >= 11 is 0. The molecule has 0 saturated heterocycles. The lowest BCUT2D eigenvalue weighted by atomic mass is 9.83. The van der Waals surface area contributed by atoms with Crippen molar-refractivity contribution in [3.05, 3.63) is 48.2 Å². The molecule has 0 heterocycles. The molecule has 0 aliphatic carbocycles. The minimum Gasteiger partial charge on any atom is -0.384 e. The fourth-order valence-electron chi connectivity index (χ4n) is 2.41. The Kier molecular flexibility index (Phi) is 5.62. The highest BCUT2D eigenvalue weighted by atomic mass is 31.1. The number of benzene rings is 1. The van der Waals surface area contributed by atoms with Crippen molar-refractivity contribution in [3.63, 3.8) is 0 Å². The van der Waals surface area contributed by atoms with E-state index in [1.165, 1.54) is 11.3 Å². The van der Waals surface area contributed by atoms with Gasteiger partial charge < -0.3 is 5.32 Å². The molecular weight excluding hydrogens is 249 g/mol. The Morgan fingerprint density at radius 2 is 1.74 bits per heavy atom. The van der Waals surface area contributed by atoms with Gasteiger partial charge in [0.1, 0.15) is 0 Å². The van der Waals surface area contributed by atoms with Crippen LogP contribution in [0, 0.1) is 5.41 Å². The van der Waals surface area contributed by atoms with Gasteiger partial charge in [0, 0.05) is 17.4 Å². The lowest BCUT2D eigenvalue weighted by Crippen LogP contribution is -2.34. The van der Waals surface area contributed by atoms with Crippen molar-refractivity contribution >= 4 is 8.58 Å². The number of allylic oxidation sites excluding steroid dienone is 1. The number of hydrogen-bond donors (Lipinski definition) is 1. The molecule has 1 aromatic rings. The van der Waals surface area contributed by atoms with Crippen molar-refractivity contribution in [1.29, 1.82) is 0 Å². The molecule has 106 valence electrons. The van der Waals surface area contributed by atoms with E-state index in [1.807, 2.05) is 0 Å².